The lowest BCUT2D eigenvalue weighted by molar-refractivity contribution is -0.384. The van der Waals surface area contributed by atoms with Gasteiger partial charge in [-0.2, -0.15) is 4.31 Å². The van der Waals surface area contributed by atoms with Gasteiger partial charge in [-0.1, -0.05) is 23.5 Å². The van der Waals surface area contributed by atoms with Crippen molar-refractivity contribution in [2.75, 3.05) is 20.2 Å². The number of methoxy groups -OCH3 is 1. The van der Waals surface area contributed by atoms with Gasteiger partial charge in [0, 0.05) is 31.1 Å². The molecule has 0 amide bonds. The van der Waals surface area contributed by atoms with Gasteiger partial charge in [0.15, 0.2) is 5.01 Å². The van der Waals surface area contributed by atoms with Crippen molar-refractivity contribution in [2.24, 2.45) is 0 Å². The number of benzene rings is 2. The van der Waals surface area contributed by atoms with Crippen LogP contribution in [0.3, 0.4) is 0 Å². The number of nitro groups is 1. The molecule has 9 nitrogen and oxygen atoms in total. The fourth-order valence-corrected chi connectivity index (χ4v) is 6.07. The zero-order chi connectivity index (χ0) is 22.0. The summed E-state index contributed by atoms with van der Waals surface area (Å²) >= 11 is 1.50. The number of rotatable bonds is 6. The van der Waals surface area contributed by atoms with E-state index in [0.717, 1.165) is 21.3 Å². The van der Waals surface area contributed by atoms with Crippen molar-refractivity contribution in [3.8, 4) is 16.3 Å². The molecule has 1 fully saturated rings. The average molecular weight is 461 g/mol. The lowest BCUT2D eigenvalue weighted by Crippen LogP contribution is -2.37. The lowest BCUT2D eigenvalue weighted by Gasteiger charge is -2.30. The number of ether oxygens (including phenoxy) is 1. The Morgan fingerprint density at radius 2 is 1.77 bits per heavy atom. The van der Waals surface area contributed by atoms with Gasteiger partial charge >= 0.3 is 0 Å². The molecule has 0 spiro atoms. The summed E-state index contributed by atoms with van der Waals surface area (Å²) < 4.78 is 32.6. The van der Waals surface area contributed by atoms with E-state index in [1.54, 1.807) is 7.11 Å². The highest BCUT2D eigenvalue weighted by atomic mass is 32.2. The SMILES string of the molecule is COc1ccccc1-c1nnc(C2CCN(S(=O)(=O)c3ccc([N+](=O)[O-])cc3)CC2)s1. The maximum Gasteiger partial charge on any atom is 0.269 e. The Morgan fingerprint density at radius 3 is 2.42 bits per heavy atom. The molecule has 0 bridgehead atoms. The third kappa shape index (κ3) is 4.29. The van der Waals surface area contributed by atoms with Gasteiger partial charge in [-0.25, -0.2) is 8.42 Å². The van der Waals surface area contributed by atoms with Gasteiger partial charge in [-0.15, -0.1) is 10.2 Å². The maximum absolute atomic E-state index is 12.9. The predicted octanol–water partition coefficient (Wildman–Crippen LogP) is 3.69. The Balaban J connectivity index is 1.45. The summed E-state index contributed by atoms with van der Waals surface area (Å²) in [6.07, 6.45) is 1.26. The van der Waals surface area contributed by atoms with Crippen LogP contribution in [0.25, 0.3) is 10.6 Å². The van der Waals surface area contributed by atoms with E-state index in [1.165, 1.54) is 39.9 Å². The first-order valence-corrected chi connectivity index (χ1v) is 11.9. The Morgan fingerprint density at radius 1 is 1.10 bits per heavy atom. The summed E-state index contributed by atoms with van der Waals surface area (Å²) in [5.74, 6) is 0.860. The summed E-state index contributed by atoms with van der Waals surface area (Å²) in [6.45, 7) is 0.709. The van der Waals surface area contributed by atoms with Crippen molar-refractivity contribution >= 4 is 27.0 Å². The number of non-ortho nitro benzene ring substituents is 1. The topological polar surface area (TPSA) is 116 Å². The van der Waals surface area contributed by atoms with Gasteiger partial charge < -0.3 is 4.74 Å². The molecular formula is C20H20N4O5S2. The predicted molar refractivity (Wildman–Crippen MR) is 116 cm³/mol. The standard InChI is InChI=1S/C20H20N4O5S2/c1-29-18-5-3-2-4-17(18)20-22-21-19(30-20)14-10-12-23(13-11-14)31(27,28)16-8-6-15(7-9-16)24(25)26/h2-9,14H,10-13H2,1H3. The van der Waals surface area contributed by atoms with Gasteiger partial charge in [-0.05, 0) is 37.1 Å². The molecule has 0 atom stereocenters. The Labute approximate surface area is 183 Å². The third-order valence-corrected chi connectivity index (χ3v) is 8.30. The Hall–Kier alpha value is -2.89. The van der Waals surface area contributed by atoms with Crippen LogP contribution in [0.1, 0.15) is 23.8 Å². The number of nitro benzene ring substituents is 1. The molecule has 2 heterocycles. The first-order valence-electron chi connectivity index (χ1n) is 9.61. The molecule has 0 aliphatic carbocycles. The molecule has 1 aromatic heterocycles. The van der Waals surface area contributed by atoms with Crippen LogP contribution in [-0.2, 0) is 10.0 Å². The summed E-state index contributed by atoms with van der Waals surface area (Å²) in [6, 6.07) is 12.6. The molecule has 0 saturated carbocycles. The molecule has 0 N–H and O–H groups in total. The number of sulfonamides is 1. The molecular weight excluding hydrogens is 440 g/mol. The van der Waals surface area contributed by atoms with Crippen molar-refractivity contribution in [1.82, 2.24) is 14.5 Å². The van der Waals surface area contributed by atoms with Crippen LogP contribution in [-0.4, -0.2) is 48.0 Å². The first kappa shape index (κ1) is 21.3. The summed E-state index contributed by atoms with van der Waals surface area (Å²) in [4.78, 5) is 10.3. The van der Waals surface area contributed by atoms with Gasteiger partial charge in [-0.3, -0.25) is 10.1 Å². The normalized spacial score (nSPS) is 15.6. The van der Waals surface area contributed by atoms with Crippen LogP contribution in [0.4, 0.5) is 5.69 Å². The molecule has 1 aliphatic rings. The highest BCUT2D eigenvalue weighted by Gasteiger charge is 2.31. The van der Waals surface area contributed by atoms with Crippen LogP contribution in [0.15, 0.2) is 53.4 Å². The zero-order valence-electron chi connectivity index (χ0n) is 16.7. The molecule has 2 aromatic carbocycles. The molecule has 0 unspecified atom stereocenters. The van der Waals surface area contributed by atoms with E-state index in [-0.39, 0.29) is 16.5 Å². The number of hydrogen-bond donors (Lipinski definition) is 0. The number of para-hydroxylation sites is 1. The van der Waals surface area contributed by atoms with Crippen LogP contribution in [0.5, 0.6) is 5.75 Å². The maximum atomic E-state index is 12.9. The molecule has 0 radical (unpaired) electrons. The van der Waals surface area contributed by atoms with Crippen LogP contribution >= 0.6 is 11.3 Å². The minimum Gasteiger partial charge on any atom is -0.496 e. The summed E-state index contributed by atoms with van der Waals surface area (Å²) in [5.41, 5.74) is 0.742. The van der Waals surface area contributed by atoms with E-state index in [1.807, 2.05) is 24.3 Å². The van der Waals surface area contributed by atoms with Crippen molar-refractivity contribution in [2.45, 2.75) is 23.7 Å². The smallest absolute Gasteiger partial charge is 0.269 e. The van der Waals surface area contributed by atoms with Crippen molar-refractivity contribution in [3.05, 3.63) is 63.7 Å². The average Bonchev–Trinajstić information content (AvgIpc) is 3.29. The summed E-state index contributed by atoms with van der Waals surface area (Å²) in [5, 5.41) is 21.1. The van der Waals surface area contributed by atoms with E-state index in [0.29, 0.717) is 25.9 Å². The Bertz CT molecular complexity index is 1190. The zero-order valence-corrected chi connectivity index (χ0v) is 18.3. The van der Waals surface area contributed by atoms with Gasteiger partial charge in [0.1, 0.15) is 10.8 Å². The van der Waals surface area contributed by atoms with E-state index in [4.69, 9.17) is 4.74 Å². The molecule has 3 aromatic rings. The second kappa shape index (κ2) is 8.69. The fraction of sp³-hybridized carbons (Fsp3) is 0.300. The van der Waals surface area contributed by atoms with Gasteiger partial charge in [0.2, 0.25) is 10.0 Å². The van der Waals surface area contributed by atoms with Crippen LogP contribution < -0.4 is 4.74 Å². The quantitative estimate of drug-likeness (QED) is 0.407. The van der Waals surface area contributed by atoms with Crippen molar-refractivity contribution in [1.29, 1.82) is 0 Å². The molecule has 1 saturated heterocycles. The largest absolute Gasteiger partial charge is 0.496 e. The summed E-state index contributed by atoms with van der Waals surface area (Å²) in [7, 11) is -2.08. The Kier molecular flexibility index (Phi) is 5.99. The second-order valence-corrected chi connectivity index (χ2v) is 10.0. The fourth-order valence-electron chi connectivity index (χ4n) is 3.56. The molecule has 1 aliphatic heterocycles. The lowest BCUT2D eigenvalue weighted by atomic mass is 9.99. The van der Waals surface area contributed by atoms with Gasteiger partial charge in [0.05, 0.1) is 22.5 Å². The first-order chi connectivity index (χ1) is 14.9. The van der Waals surface area contributed by atoms with Crippen LogP contribution in [0.2, 0.25) is 0 Å². The van der Waals surface area contributed by atoms with Crippen LogP contribution in [0, 0.1) is 10.1 Å². The van der Waals surface area contributed by atoms with E-state index in [2.05, 4.69) is 10.2 Å². The minimum absolute atomic E-state index is 0.0610. The van der Waals surface area contributed by atoms with Crippen molar-refractivity contribution in [3.63, 3.8) is 0 Å². The van der Waals surface area contributed by atoms with Crippen molar-refractivity contribution < 1.29 is 18.1 Å². The van der Waals surface area contributed by atoms with E-state index >= 15 is 0 Å². The molecule has 4 rings (SSSR count). The monoisotopic (exact) mass is 460 g/mol. The second-order valence-electron chi connectivity index (χ2n) is 7.08. The van der Waals surface area contributed by atoms with Gasteiger partial charge in [0.25, 0.3) is 5.69 Å². The minimum atomic E-state index is -3.70. The number of nitrogens with zero attached hydrogens (tertiary/aromatic N) is 4. The van der Waals surface area contributed by atoms with E-state index in [9.17, 15) is 18.5 Å². The number of hydrogen-bond acceptors (Lipinski definition) is 8. The molecule has 162 valence electrons. The third-order valence-electron chi connectivity index (χ3n) is 5.27. The highest BCUT2D eigenvalue weighted by molar-refractivity contribution is 7.89. The molecule has 31 heavy (non-hydrogen) atoms. The number of piperidine rings is 1. The molecule has 11 heteroatoms. The number of aromatic nitrogens is 2. The van der Waals surface area contributed by atoms with E-state index < -0.39 is 14.9 Å². The highest BCUT2D eigenvalue weighted by Crippen LogP contribution is 2.37.